The van der Waals surface area contributed by atoms with Gasteiger partial charge in [0.15, 0.2) is 5.60 Å². The average Bonchev–Trinajstić information content (AvgIpc) is 3.53. The molecule has 1 aliphatic rings. The van der Waals surface area contributed by atoms with Crippen LogP contribution in [-0.4, -0.2) is 41.4 Å². The standard InChI is InChI=1S/C52H72O4Si2/c1-8-9-10-11-12-13-14-15-16-17-18-23-32-44-41-52(56-49(44)53,42-54-57(50(2,3)4,45-33-24-19-25-34-45)46-35-26-20-27-36-46)43-55-58(51(5,6)7,47-37-28-21-29-38-47)48-39-30-22-31-40-48/h19-22,24-40H,8-18,23,41-43H2,1-7H3/b44-32-. The van der Waals surface area contributed by atoms with Gasteiger partial charge in [0.1, 0.15) is 0 Å². The molecule has 1 heterocycles. The second-order valence-corrected chi connectivity index (χ2v) is 27.3. The molecule has 0 spiro atoms. The van der Waals surface area contributed by atoms with Gasteiger partial charge < -0.3 is 13.6 Å². The Morgan fingerprint density at radius 1 is 0.534 bits per heavy atom. The van der Waals surface area contributed by atoms with Crippen LogP contribution in [0.15, 0.2) is 133 Å². The molecule has 6 heteroatoms. The Morgan fingerprint density at radius 3 is 1.19 bits per heavy atom. The molecule has 0 bridgehead atoms. The van der Waals surface area contributed by atoms with Crippen LogP contribution in [0.2, 0.25) is 10.1 Å². The molecule has 0 N–H and O–H groups in total. The van der Waals surface area contributed by atoms with E-state index in [4.69, 9.17) is 13.6 Å². The number of hydrogen-bond donors (Lipinski definition) is 0. The van der Waals surface area contributed by atoms with Gasteiger partial charge in [-0.3, -0.25) is 0 Å². The van der Waals surface area contributed by atoms with Crippen LogP contribution >= 0.6 is 0 Å². The van der Waals surface area contributed by atoms with Crippen molar-refractivity contribution >= 4 is 43.4 Å². The van der Waals surface area contributed by atoms with Crippen molar-refractivity contribution in [2.24, 2.45) is 0 Å². The molecule has 4 aromatic rings. The first-order valence-electron chi connectivity index (χ1n) is 22.3. The van der Waals surface area contributed by atoms with E-state index < -0.39 is 22.2 Å². The predicted molar refractivity (Wildman–Crippen MR) is 250 cm³/mol. The van der Waals surface area contributed by atoms with Crippen molar-refractivity contribution in [1.29, 1.82) is 0 Å². The quantitative estimate of drug-likeness (QED) is 0.0343. The van der Waals surface area contributed by atoms with Crippen LogP contribution in [0.3, 0.4) is 0 Å². The van der Waals surface area contributed by atoms with E-state index in [1.807, 2.05) is 0 Å². The van der Waals surface area contributed by atoms with Gasteiger partial charge in [0, 0.05) is 12.0 Å². The van der Waals surface area contributed by atoms with Crippen molar-refractivity contribution in [2.75, 3.05) is 13.2 Å². The van der Waals surface area contributed by atoms with Crippen LogP contribution in [-0.2, 0) is 18.4 Å². The summed E-state index contributed by atoms with van der Waals surface area (Å²) in [6.07, 6.45) is 17.8. The number of carbonyl (C=O) groups excluding carboxylic acids is 1. The Bertz CT molecular complexity index is 1640. The van der Waals surface area contributed by atoms with Gasteiger partial charge in [0.2, 0.25) is 0 Å². The van der Waals surface area contributed by atoms with E-state index in [-0.39, 0.29) is 29.3 Å². The minimum absolute atomic E-state index is 0.230. The lowest BCUT2D eigenvalue weighted by atomic mass is 9.98. The molecule has 0 atom stereocenters. The highest BCUT2D eigenvalue weighted by molar-refractivity contribution is 7.00. The third kappa shape index (κ3) is 11.0. The Morgan fingerprint density at radius 2 is 0.862 bits per heavy atom. The number of hydrogen-bond acceptors (Lipinski definition) is 4. The summed E-state index contributed by atoms with van der Waals surface area (Å²) < 4.78 is 21.9. The zero-order valence-corrected chi connectivity index (χ0v) is 38.9. The summed E-state index contributed by atoms with van der Waals surface area (Å²) in [6, 6.07) is 42.9. The van der Waals surface area contributed by atoms with Crippen LogP contribution in [0.25, 0.3) is 0 Å². The van der Waals surface area contributed by atoms with Crippen LogP contribution in [0.4, 0.5) is 0 Å². The maximum atomic E-state index is 14.1. The summed E-state index contributed by atoms with van der Waals surface area (Å²) >= 11 is 0. The van der Waals surface area contributed by atoms with Crippen molar-refractivity contribution in [2.45, 2.75) is 148 Å². The lowest BCUT2D eigenvalue weighted by molar-refractivity contribution is -0.152. The lowest BCUT2D eigenvalue weighted by Crippen LogP contribution is -2.69. The molecule has 0 saturated carbocycles. The van der Waals surface area contributed by atoms with Gasteiger partial charge in [0.05, 0.1) is 13.2 Å². The molecule has 1 fully saturated rings. The zero-order chi connectivity index (χ0) is 41.5. The molecule has 0 radical (unpaired) electrons. The van der Waals surface area contributed by atoms with E-state index in [0.717, 1.165) is 18.4 Å². The van der Waals surface area contributed by atoms with E-state index in [2.05, 4.69) is 176 Å². The molecule has 4 aromatic carbocycles. The van der Waals surface area contributed by atoms with Crippen molar-refractivity contribution in [1.82, 2.24) is 0 Å². The minimum atomic E-state index is -2.96. The second kappa shape index (κ2) is 21.1. The third-order valence-electron chi connectivity index (χ3n) is 12.2. The van der Waals surface area contributed by atoms with Crippen LogP contribution in [0.1, 0.15) is 132 Å². The monoisotopic (exact) mass is 816 g/mol. The van der Waals surface area contributed by atoms with Crippen LogP contribution in [0.5, 0.6) is 0 Å². The number of allylic oxidation sites excluding steroid dienone is 1. The molecule has 5 rings (SSSR count). The minimum Gasteiger partial charge on any atom is -0.451 e. The Balaban J connectivity index is 1.45. The predicted octanol–water partition coefficient (Wildman–Crippen LogP) is 11.5. The number of esters is 1. The molecule has 0 amide bonds. The highest BCUT2D eigenvalue weighted by atomic mass is 28.4. The number of benzene rings is 4. The molecule has 58 heavy (non-hydrogen) atoms. The Labute approximate surface area is 354 Å². The number of unbranched alkanes of at least 4 members (excludes halogenated alkanes) is 11. The van der Waals surface area contributed by atoms with Gasteiger partial charge in [-0.15, -0.1) is 0 Å². The number of ether oxygens (including phenoxy) is 1. The smallest absolute Gasteiger partial charge is 0.334 e. The average molecular weight is 817 g/mol. The first-order valence-corrected chi connectivity index (χ1v) is 26.1. The van der Waals surface area contributed by atoms with Crippen LogP contribution in [0, 0.1) is 0 Å². The van der Waals surface area contributed by atoms with E-state index in [9.17, 15) is 4.79 Å². The zero-order valence-electron chi connectivity index (χ0n) is 36.9. The largest absolute Gasteiger partial charge is 0.451 e. The van der Waals surface area contributed by atoms with Crippen LogP contribution < -0.4 is 20.7 Å². The highest BCUT2D eigenvalue weighted by Gasteiger charge is 2.56. The molecular weight excluding hydrogens is 745 g/mol. The van der Waals surface area contributed by atoms with Gasteiger partial charge >= 0.3 is 5.97 Å². The molecule has 312 valence electrons. The molecule has 0 aromatic heterocycles. The highest BCUT2D eigenvalue weighted by Crippen LogP contribution is 2.42. The van der Waals surface area contributed by atoms with Crippen molar-refractivity contribution in [3.8, 4) is 0 Å². The Hall–Kier alpha value is -3.56. The molecule has 0 aliphatic carbocycles. The number of carbonyl (C=O) groups is 1. The number of rotatable bonds is 22. The molecule has 1 saturated heterocycles. The fraction of sp³-hybridized carbons (Fsp3) is 0.481. The van der Waals surface area contributed by atoms with Crippen molar-refractivity contribution in [3.05, 3.63) is 133 Å². The molecule has 0 unspecified atom stereocenters. The first kappa shape index (κ1) is 45.5. The summed E-state index contributed by atoms with van der Waals surface area (Å²) in [4.78, 5) is 14.1. The maximum absolute atomic E-state index is 14.1. The van der Waals surface area contributed by atoms with Gasteiger partial charge in [-0.1, -0.05) is 240 Å². The van der Waals surface area contributed by atoms with Crippen molar-refractivity contribution in [3.63, 3.8) is 0 Å². The van der Waals surface area contributed by atoms with Crippen molar-refractivity contribution < 1.29 is 18.4 Å². The lowest BCUT2D eigenvalue weighted by Gasteiger charge is -2.46. The Kier molecular flexibility index (Phi) is 16.6. The SMILES string of the molecule is CCCCCCCCCCCCC/C=C1/CC(CO[Si](c2ccccc2)(c2ccccc2)C(C)(C)C)(CO[Si](c2ccccc2)(c2ccccc2)C(C)(C)C)OC1=O. The number of cyclic esters (lactones) is 1. The molecule has 1 aliphatic heterocycles. The summed E-state index contributed by atoms with van der Waals surface area (Å²) in [5.41, 5.74) is -0.246. The van der Waals surface area contributed by atoms with E-state index in [1.165, 1.54) is 85.0 Å². The summed E-state index contributed by atoms with van der Waals surface area (Å²) in [7, 11) is -5.92. The maximum Gasteiger partial charge on any atom is 0.334 e. The molecular formula is C52H72O4Si2. The second-order valence-electron chi connectivity index (χ2n) is 18.7. The summed E-state index contributed by atoms with van der Waals surface area (Å²) in [6.45, 7) is 16.5. The fourth-order valence-electron chi connectivity index (χ4n) is 9.16. The van der Waals surface area contributed by atoms with Gasteiger partial charge in [-0.05, 0) is 43.7 Å². The van der Waals surface area contributed by atoms with E-state index in [0.29, 0.717) is 6.42 Å². The first-order chi connectivity index (χ1) is 27.9. The van der Waals surface area contributed by atoms with Gasteiger partial charge in [0.25, 0.3) is 16.6 Å². The van der Waals surface area contributed by atoms with Gasteiger partial charge in [-0.25, -0.2) is 4.79 Å². The fourth-order valence-corrected chi connectivity index (χ4v) is 18.4. The third-order valence-corrected chi connectivity index (χ3v) is 22.2. The van der Waals surface area contributed by atoms with E-state index in [1.54, 1.807) is 0 Å². The van der Waals surface area contributed by atoms with Gasteiger partial charge in [-0.2, -0.15) is 0 Å². The normalized spacial score (nSPS) is 15.5. The summed E-state index contributed by atoms with van der Waals surface area (Å²) in [5, 5.41) is 4.35. The molecule has 4 nitrogen and oxygen atoms in total. The summed E-state index contributed by atoms with van der Waals surface area (Å²) in [5.74, 6) is -0.236. The topological polar surface area (TPSA) is 44.8 Å². The van der Waals surface area contributed by atoms with E-state index >= 15 is 0 Å².